The van der Waals surface area contributed by atoms with Gasteiger partial charge in [-0.05, 0) is 30.6 Å². The molecule has 3 aromatic heterocycles. The highest BCUT2D eigenvalue weighted by Gasteiger charge is 2.25. The second-order valence-electron chi connectivity index (χ2n) is 6.98. The van der Waals surface area contributed by atoms with Crippen LogP contribution in [0.25, 0.3) is 11.4 Å². The normalized spacial score (nSPS) is 14.7. The third-order valence-electron chi connectivity index (χ3n) is 4.68. The van der Waals surface area contributed by atoms with Gasteiger partial charge in [0.1, 0.15) is 10.7 Å². The smallest absolute Gasteiger partial charge is 0.267 e. The summed E-state index contributed by atoms with van der Waals surface area (Å²) in [5.74, 6) is 2.24. The van der Waals surface area contributed by atoms with Gasteiger partial charge in [-0.2, -0.15) is 4.98 Å². The summed E-state index contributed by atoms with van der Waals surface area (Å²) in [6.45, 7) is 8.56. The molecule has 1 saturated heterocycles. The molecule has 0 unspecified atom stereocenters. The predicted molar refractivity (Wildman–Crippen MR) is 104 cm³/mol. The Morgan fingerprint density at radius 2 is 2.00 bits per heavy atom. The van der Waals surface area contributed by atoms with Gasteiger partial charge in [0.2, 0.25) is 11.7 Å². The molecule has 0 aromatic carbocycles. The average molecular weight is 399 g/mol. The summed E-state index contributed by atoms with van der Waals surface area (Å²) >= 11 is 1.15. The van der Waals surface area contributed by atoms with E-state index in [0.29, 0.717) is 35.4 Å². The Labute approximate surface area is 166 Å². The lowest BCUT2D eigenvalue weighted by molar-refractivity contribution is 0.0750. The molecule has 0 radical (unpaired) electrons. The van der Waals surface area contributed by atoms with Crippen LogP contribution >= 0.6 is 11.5 Å². The number of hydrogen-bond acceptors (Lipinski definition) is 9. The Balaban J connectivity index is 1.39. The molecule has 28 heavy (non-hydrogen) atoms. The Morgan fingerprint density at radius 1 is 1.21 bits per heavy atom. The highest BCUT2D eigenvalue weighted by Crippen LogP contribution is 2.22. The van der Waals surface area contributed by atoms with E-state index in [0.717, 1.165) is 36.0 Å². The topological polar surface area (TPSA) is 101 Å². The number of aromatic nitrogens is 5. The molecule has 1 aliphatic rings. The molecular weight excluding hydrogens is 378 g/mol. The quantitative estimate of drug-likeness (QED) is 0.659. The van der Waals surface area contributed by atoms with Crippen LogP contribution in [0.1, 0.15) is 41.0 Å². The molecule has 0 aliphatic carbocycles. The molecule has 0 atom stereocenters. The van der Waals surface area contributed by atoms with E-state index in [4.69, 9.17) is 4.52 Å². The molecule has 1 fully saturated rings. The molecule has 3 aromatic rings. The highest BCUT2D eigenvalue weighted by atomic mass is 32.1. The van der Waals surface area contributed by atoms with E-state index in [1.807, 2.05) is 37.8 Å². The van der Waals surface area contributed by atoms with E-state index in [9.17, 15) is 4.79 Å². The van der Waals surface area contributed by atoms with Gasteiger partial charge in [-0.15, -0.1) is 5.10 Å². The Hall–Kier alpha value is -2.88. The molecule has 146 valence electrons. The molecule has 9 nitrogen and oxygen atoms in total. The first-order chi connectivity index (χ1) is 13.5. The maximum atomic E-state index is 12.6. The highest BCUT2D eigenvalue weighted by molar-refractivity contribution is 7.07. The van der Waals surface area contributed by atoms with E-state index in [1.54, 1.807) is 6.20 Å². The monoisotopic (exact) mass is 399 g/mol. The number of piperazine rings is 1. The van der Waals surface area contributed by atoms with E-state index >= 15 is 0 Å². The molecule has 0 saturated carbocycles. The Bertz CT molecular complexity index is 958. The molecule has 0 bridgehead atoms. The maximum Gasteiger partial charge on any atom is 0.267 e. The van der Waals surface area contributed by atoms with Crippen LogP contribution in [-0.2, 0) is 0 Å². The van der Waals surface area contributed by atoms with Crippen molar-refractivity contribution in [3.05, 3.63) is 34.8 Å². The van der Waals surface area contributed by atoms with Crippen LogP contribution in [0.4, 0.5) is 5.82 Å². The Morgan fingerprint density at radius 3 is 2.57 bits per heavy atom. The van der Waals surface area contributed by atoms with Crippen molar-refractivity contribution in [1.82, 2.24) is 29.6 Å². The van der Waals surface area contributed by atoms with Crippen LogP contribution in [-0.4, -0.2) is 61.7 Å². The first kappa shape index (κ1) is 18.5. The first-order valence-corrected chi connectivity index (χ1v) is 9.93. The number of carbonyl (C=O) groups is 1. The van der Waals surface area contributed by atoms with Crippen LogP contribution in [0.2, 0.25) is 0 Å². The lowest BCUT2D eigenvalue weighted by Crippen LogP contribution is -2.49. The molecular formula is C18H21N7O2S. The van der Waals surface area contributed by atoms with E-state index in [-0.39, 0.29) is 11.8 Å². The second-order valence-corrected chi connectivity index (χ2v) is 7.74. The van der Waals surface area contributed by atoms with Crippen LogP contribution < -0.4 is 4.90 Å². The molecule has 0 spiro atoms. The van der Waals surface area contributed by atoms with Crippen LogP contribution in [0.15, 0.2) is 22.9 Å². The van der Waals surface area contributed by atoms with E-state index in [2.05, 4.69) is 29.6 Å². The number of aryl methyl sites for hydroxylation is 1. The fraction of sp³-hybridized carbons (Fsp3) is 0.444. The van der Waals surface area contributed by atoms with Crippen molar-refractivity contribution in [3.8, 4) is 11.4 Å². The number of hydrogen-bond donors (Lipinski definition) is 0. The summed E-state index contributed by atoms with van der Waals surface area (Å²) in [4.78, 5) is 26.2. The fourth-order valence-corrected chi connectivity index (χ4v) is 3.63. The molecule has 10 heteroatoms. The van der Waals surface area contributed by atoms with Crippen molar-refractivity contribution in [2.45, 2.75) is 26.7 Å². The molecule has 4 rings (SSSR count). The Kier molecular flexibility index (Phi) is 5.03. The van der Waals surface area contributed by atoms with E-state index in [1.165, 1.54) is 0 Å². The summed E-state index contributed by atoms with van der Waals surface area (Å²) in [7, 11) is 0. The van der Waals surface area contributed by atoms with Crippen LogP contribution in [0.5, 0.6) is 0 Å². The van der Waals surface area contributed by atoms with Gasteiger partial charge in [-0.25, -0.2) is 4.98 Å². The number of carbonyl (C=O) groups excluding carboxylic acids is 1. The minimum absolute atomic E-state index is 0.00789. The van der Waals surface area contributed by atoms with Crippen molar-refractivity contribution in [2.75, 3.05) is 31.1 Å². The summed E-state index contributed by atoms with van der Waals surface area (Å²) in [6, 6.07) is 3.90. The predicted octanol–water partition coefficient (Wildman–Crippen LogP) is 2.38. The van der Waals surface area contributed by atoms with Gasteiger partial charge in [0.15, 0.2) is 0 Å². The second kappa shape index (κ2) is 7.63. The summed E-state index contributed by atoms with van der Waals surface area (Å²) in [5, 5.41) is 7.94. The van der Waals surface area contributed by atoms with Crippen LogP contribution in [0, 0.1) is 6.92 Å². The van der Waals surface area contributed by atoms with Gasteiger partial charge in [-0.3, -0.25) is 4.79 Å². The third kappa shape index (κ3) is 3.59. The van der Waals surface area contributed by atoms with Gasteiger partial charge >= 0.3 is 0 Å². The number of nitrogens with zero attached hydrogens (tertiary/aromatic N) is 7. The van der Waals surface area contributed by atoms with Crippen molar-refractivity contribution >= 4 is 23.3 Å². The van der Waals surface area contributed by atoms with Gasteiger partial charge in [0, 0.05) is 43.9 Å². The van der Waals surface area contributed by atoms with Gasteiger partial charge in [-0.1, -0.05) is 23.5 Å². The number of rotatable bonds is 4. The summed E-state index contributed by atoms with van der Waals surface area (Å²) in [6.07, 6.45) is 1.76. The number of amides is 1. The zero-order valence-electron chi connectivity index (χ0n) is 16.0. The molecule has 0 N–H and O–H groups in total. The largest absolute Gasteiger partial charge is 0.353 e. The molecule has 1 amide bonds. The van der Waals surface area contributed by atoms with Gasteiger partial charge in [0.05, 0.1) is 5.69 Å². The third-order valence-corrected chi connectivity index (χ3v) is 5.49. The fourth-order valence-electron chi connectivity index (χ4n) is 3.00. The number of pyridine rings is 1. The van der Waals surface area contributed by atoms with Crippen molar-refractivity contribution in [2.24, 2.45) is 0 Å². The number of anilines is 1. The zero-order valence-corrected chi connectivity index (χ0v) is 16.8. The zero-order chi connectivity index (χ0) is 19.7. The van der Waals surface area contributed by atoms with Crippen molar-refractivity contribution in [3.63, 3.8) is 0 Å². The van der Waals surface area contributed by atoms with Crippen molar-refractivity contribution in [1.29, 1.82) is 0 Å². The summed E-state index contributed by atoms with van der Waals surface area (Å²) in [5.41, 5.74) is 1.51. The standard InChI is InChI=1S/C18H21N7O2S/c1-11(2)17-20-16(22-27-17)13-4-5-14(19-10-13)24-6-8-25(9-7-24)18(26)15-12(3)21-23-28-15/h4-5,10-11H,6-9H2,1-3H3. The minimum Gasteiger partial charge on any atom is -0.353 e. The minimum atomic E-state index is 0.00789. The van der Waals surface area contributed by atoms with Gasteiger partial charge < -0.3 is 14.3 Å². The average Bonchev–Trinajstić information content (AvgIpc) is 3.37. The molecule has 4 heterocycles. The summed E-state index contributed by atoms with van der Waals surface area (Å²) < 4.78 is 9.11. The lowest BCUT2D eigenvalue weighted by Gasteiger charge is -2.35. The van der Waals surface area contributed by atoms with Crippen LogP contribution in [0.3, 0.4) is 0 Å². The SMILES string of the molecule is Cc1nnsc1C(=O)N1CCN(c2ccc(-c3noc(C(C)C)n3)cn2)CC1. The molecule has 1 aliphatic heterocycles. The van der Waals surface area contributed by atoms with Crippen molar-refractivity contribution < 1.29 is 9.32 Å². The lowest BCUT2D eigenvalue weighted by atomic mass is 10.2. The maximum absolute atomic E-state index is 12.6. The van der Waals surface area contributed by atoms with Gasteiger partial charge in [0.25, 0.3) is 5.91 Å². The first-order valence-electron chi connectivity index (χ1n) is 9.16. The van der Waals surface area contributed by atoms with E-state index < -0.39 is 0 Å².